The largest absolute Gasteiger partial charge is 0.357 e. The molecule has 82 valence electrons. The van der Waals surface area contributed by atoms with Gasteiger partial charge in [-0.25, -0.2) is 0 Å². The van der Waals surface area contributed by atoms with E-state index in [-0.39, 0.29) is 5.78 Å². The minimum Gasteiger partial charge on any atom is -0.357 e. The normalized spacial score (nSPS) is 15.6. The van der Waals surface area contributed by atoms with Gasteiger partial charge in [0.2, 0.25) is 0 Å². The van der Waals surface area contributed by atoms with Crippen molar-refractivity contribution < 1.29 is 4.79 Å². The predicted molar refractivity (Wildman–Crippen MR) is 65.3 cm³/mol. The van der Waals surface area contributed by atoms with E-state index in [1.807, 2.05) is 18.2 Å². The number of aromatic amines is 1. The van der Waals surface area contributed by atoms with Crippen molar-refractivity contribution in [3.8, 4) is 0 Å². The number of ketones is 1. The maximum absolute atomic E-state index is 11.5. The number of hydrogen-bond acceptors (Lipinski definition) is 1. The van der Waals surface area contributed by atoms with Crippen LogP contribution in [0.1, 0.15) is 41.7 Å². The van der Waals surface area contributed by atoms with Gasteiger partial charge in [0, 0.05) is 28.1 Å². The molecule has 0 saturated heterocycles. The van der Waals surface area contributed by atoms with E-state index in [4.69, 9.17) is 11.6 Å². The van der Waals surface area contributed by atoms with Crippen molar-refractivity contribution in [1.29, 1.82) is 0 Å². The first kappa shape index (κ1) is 9.91. The molecule has 0 atom stereocenters. The molecular formula is C13H12ClNO. The lowest BCUT2D eigenvalue weighted by atomic mass is 10.1. The highest BCUT2D eigenvalue weighted by Crippen LogP contribution is 2.45. The number of aromatic nitrogens is 1. The van der Waals surface area contributed by atoms with Gasteiger partial charge >= 0.3 is 0 Å². The van der Waals surface area contributed by atoms with Crippen molar-refractivity contribution in [3.05, 3.63) is 34.5 Å². The van der Waals surface area contributed by atoms with Crippen molar-refractivity contribution in [2.45, 2.75) is 25.7 Å². The summed E-state index contributed by atoms with van der Waals surface area (Å²) >= 11 is 6.36. The summed E-state index contributed by atoms with van der Waals surface area (Å²) in [6, 6.07) is 5.70. The molecule has 0 spiro atoms. The van der Waals surface area contributed by atoms with Gasteiger partial charge in [0.05, 0.1) is 5.02 Å². The third-order valence-electron chi connectivity index (χ3n) is 3.15. The fourth-order valence-corrected chi connectivity index (χ4v) is 2.58. The molecule has 1 fully saturated rings. The second-order valence-corrected chi connectivity index (χ2v) is 4.79. The molecule has 3 heteroatoms. The van der Waals surface area contributed by atoms with Gasteiger partial charge in [-0.3, -0.25) is 4.79 Å². The molecule has 1 aromatic carbocycles. The SMILES string of the molecule is CC(=O)c1cccc2[nH]c(C3CC3)c(Cl)c12. The van der Waals surface area contributed by atoms with E-state index in [2.05, 4.69) is 4.98 Å². The molecule has 1 N–H and O–H groups in total. The summed E-state index contributed by atoms with van der Waals surface area (Å²) in [4.78, 5) is 14.9. The van der Waals surface area contributed by atoms with E-state index in [0.717, 1.165) is 21.6 Å². The zero-order valence-corrected chi connectivity index (χ0v) is 9.77. The summed E-state index contributed by atoms with van der Waals surface area (Å²) in [5.74, 6) is 0.633. The number of rotatable bonds is 2. The summed E-state index contributed by atoms with van der Waals surface area (Å²) in [6.45, 7) is 1.58. The minimum absolute atomic E-state index is 0.0637. The summed E-state index contributed by atoms with van der Waals surface area (Å²) in [5, 5.41) is 1.63. The van der Waals surface area contributed by atoms with Crippen molar-refractivity contribution in [3.63, 3.8) is 0 Å². The quantitative estimate of drug-likeness (QED) is 0.784. The lowest BCUT2D eigenvalue weighted by Gasteiger charge is -1.98. The topological polar surface area (TPSA) is 32.9 Å². The molecule has 2 nitrogen and oxygen atoms in total. The summed E-state index contributed by atoms with van der Waals surface area (Å²) in [5.41, 5.74) is 2.79. The van der Waals surface area contributed by atoms with Crippen molar-refractivity contribution >= 4 is 28.3 Å². The van der Waals surface area contributed by atoms with E-state index >= 15 is 0 Å². The highest BCUT2D eigenvalue weighted by Gasteiger charge is 2.29. The first-order valence-electron chi connectivity index (χ1n) is 5.49. The Hall–Kier alpha value is -1.28. The molecule has 0 radical (unpaired) electrons. The van der Waals surface area contributed by atoms with E-state index in [1.54, 1.807) is 6.92 Å². The predicted octanol–water partition coefficient (Wildman–Crippen LogP) is 3.90. The van der Waals surface area contributed by atoms with Gasteiger partial charge in [-0.15, -0.1) is 0 Å². The third-order valence-corrected chi connectivity index (χ3v) is 3.55. The van der Waals surface area contributed by atoms with Crippen LogP contribution in [0, 0.1) is 0 Å². The monoisotopic (exact) mass is 233 g/mol. The zero-order valence-electron chi connectivity index (χ0n) is 9.01. The summed E-state index contributed by atoms with van der Waals surface area (Å²) in [7, 11) is 0. The maximum atomic E-state index is 11.5. The molecule has 1 aromatic heterocycles. The maximum Gasteiger partial charge on any atom is 0.160 e. The number of carbonyl (C=O) groups is 1. The standard InChI is InChI=1S/C13H12ClNO/c1-7(16)9-3-2-4-10-11(9)12(14)13(15-10)8-5-6-8/h2-4,8,15H,5-6H2,1H3. The first-order valence-corrected chi connectivity index (χ1v) is 5.87. The fourth-order valence-electron chi connectivity index (χ4n) is 2.17. The number of halogens is 1. The van der Waals surface area contributed by atoms with Crippen LogP contribution in [0.3, 0.4) is 0 Å². The number of Topliss-reactive ketones (excluding diaryl/α,β-unsaturated/α-hetero) is 1. The van der Waals surface area contributed by atoms with Crippen molar-refractivity contribution in [1.82, 2.24) is 4.98 Å². The molecule has 16 heavy (non-hydrogen) atoms. The Morgan fingerprint density at radius 2 is 2.19 bits per heavy atom. The highest BCUT2D eigenvalue weighted by molar-refractivity contribution is 6.37. The minimum atomic E-state index is 0.0637. The van der Waals surface area contributed by atoms with E-state index in [9.17, 15) is 4.79 Å². The van der Waals surface area contributed by atoms with Crippen LogP contribution in [0.4, 0.5) is 0 Å². The number of carbonyl (C=O) groups excluding carboxylic acids is 1. The van der Waals surface area contributed by atoms with Crippen LogP contribution < -0.4 is 0 Å². The van der Waals surface area contributed by atoms with Gasteiger partial charge < -0.3 is 4.98 Å². The van der Waals surface area contributed by atoms with Gasteiger partial charge in [0.25, 0.3) is 0 Å². The van der Waals surface area contributed by atoms with E-state index < -0.39 is 0 Å². The highest BCUT2D eigenvalue weighted by atomic mass is 35.5. The Kier molecular flexibility index (Phi) is 2.08. The molecule has 2 aromatic rings. The summed E-state index contributed by atoms with van der Waals surface area (Å²) < 4.78 is 0. The van der Waals surface area contributed by atoms with E-state index in [0.29, 0.717) is 11.5 Å². The average Bonchev–Trinajstić information content (AvgIpc) is 3.04. The van der Waals surface area contributed by atoms with Gasteiger partial charge in [0.1, 0.15) is 0 Å². The van der Waals surface area contributed by atoms with Crippen LogP contribution in [-0.2, 0) is 0 Å². The van der Waals surface area contributed by atoms with Gasteiger partial charge in [-0.1, -0.05) is 23.7 Å². The van der Waals surface area contributed by atoms with Crippen LogP contribution in [-0.4, -0.2) is 10.8 Å². The number of fused-ring (bicyclic) bond motifs is 1. The zero-order chi connectivity index (χ0) is 11.3. The van der Waals surface area contributed by atoms with Crippen LogP contribution in [0.5, 0.6) is 0 Å². The fraction of sp³-hybridized carbons (Fsp3) is 0.308. The number of nitrogens with one attached hydrogen (secondary N) is 1. The Bertz CT molecular complexity index is 581. The first-order chi connectivity index (χ1) is 7.68. The molecule has 1 heterocycles. The Balaban J connectivity index is 2.33. The van der Waals surface area contributed by atoms with Crippen LogP contribution in [0.2, 0.25) is 5.02 Å². The van der Waals surface area contributed by atoms with Crippen LogP contribution >= 0.6 is 11.6 Å². The van der Waals surface area contributed by atoms with Crippen LogP contribution in [0.15, 0.2) is 18.2 Å². The number of H-pyrrole nitrogens is 1. The van der Waals surface area contributed by atoms with Gasteiger partial charge in [-0.05, 0) is 25.8 Å². The lowest BCUT2D eigenvalue weighted by molar-refractivity contribution is 0.101. The molecule has 3 rings (SSSR count). The number of hydrogen-bond donors (Lipinski definition) is 1. The second kappa shape index (κ2) is 3.36. The van der Waals surface area contributed by atoms with E-state index in [1.165, 1.54) is 12.8 Å². The molecule has 1 aliphatic rings. The second-order valence-electron chi connectivity index (χ2n) is 4.41. The Morgan fingerprint density at radius 3 is 2.81 bits per heavy atom. The molecular weight excluding hydrogens is 222 g/mol. The summed E-state index contributed by atoms with van der Waals surface area (Å²) in [6.07, 6.45) is 2.39. The smallest absolute Gasteiger partial charge is 0.160 e. The molecule has 1 saturated carbocycles. The van der Waals surface area contributed by atoms with Gasteiger partial charge in [-0.2, -0.15) is 0 Å². The van der Waals surface area contributed by atoms with Crippen molar-refractivity contribution in [2.24, 2.45) is 0 Å². The molecule has 0 bridgehead atoms. The number of benzene rings is 1. The lowest BCUT2D eigenvalue weighted by Crippen LogP contribution is -1.91. The molecule has 0 unspecified atom stereocenters. The Labute approximate surface area is 98.6 Å². The third kappa shape index (κ3) is 1.37. The van der Waals surface area contributed by atoms with Gasteiger partial charge in [0.15, 0.2) is 5.78 Å². The molecule has 0 aliphatic heterocycles. The average molecular weight is 234 g/mol. The van der Waals surface area contributed by atoms with Crippen molar-refractivity contribution in [2.75, 3.05) is 0 Å². The molecule has 1 aliphatic carbocycles. The van der Waals surface area contributed by atoms with Crippen LogP contribution in [0.25, 0.3) is 10.9 Å². The molecule has 0 amide bonds. The Morgan fingerprint density at radius 1 is 1.44 bits per heavy atom.